The highest BCUT2D eigenvalue weighted by Gasteiger charge is 2.66. The Morgan fingerprint density at radius 1 is 1.10 bits per heavy atom. The number of hydrogen-bond donors (Lipinski definition) is 0. The molecular weight excluding hydrogens is 256 g/mol. The summed E-state index contributed by atoms with van der Waals surface area (Å²) in [7, 11) is 0. The molecule has 0 bridgehead atoms. The largest absolute Gasteiger partial charge is 0.295 e. The molecule has 0 N–H and O–H groups in total. The third kappa shape index (κ3) is 1.51. The number of hydrogen-bond acceptors (Lipinski definition) is 1. The van der Waals surface area contributed by atoms with Gasteiger partial charge in [-0.25, -0.2) is 0 Å². The number of carbonyl (C=O) groups is 1. The first-order valence-electron chi connectivity index (χ1n) is 9.28. The first-order chi connectivity index (χ1) is 10.0. The van der Waals surface area contributed by atoms with Crippen molar-refractivity contribution in [2.24, 2.45) is 40.4 Å². The lowest BCUT2D eigenvalue weighted by Gasteiger charge is -2.57. The van der Waals surface area contributed by atoms with Gasteiger partial charge in [-0.3, -0.25) is 4.79 Å². The first kappa shape index (κ1) is 12.9. The predicted molar refractivity (Wildman–Crippen MR) is 83.7 cm³/mol. The van der Waals surface area contributed by atoms with E-state index in [1.165, 1.54) is 38.5 Å². The van der Waals surface area contributed by atoms with Gasteiger partial charge in [-0.2, -0.15) is 0 Å². The fourth-order valence-electron chi connectivity index (χ4n) is 7.39. The number of fused-ring (bicyclic) bond motifs is 8. The van der Waals surface area contributed by atoms with Crippen LogP contribution < -0.4 is 0 Å². The fourth-order valence-corrected chi connectivity index (χ4v) is 7.39. The van der Waals surface area contributed by atoms with E-state index in [2.05, 4.69) is 19.9 Å². The van der Waals surface area contributed by atoms with Crippen LogP contribution >= 0.6 is 0 Å². The Morgan fingerprint density at radius 2 is 1.95 bits per heavy atom. The summed E-state index contributed by atoms with van der Waals surface area (Å²) in [6.45, 7) is 5.12. The van der Waals surface area contributed by atoms with Crippen LogP contribution in [0.2, 0.25) is 0 Å². The van der Waals surface area contributed by atoms with Gasteiger partial charge in [0.25, 0.3) is 0 Å². The Morgan fingerprint density at radius 3 is 2.81 bits per heavy atom. The average molecular weight is 284 g/mol. The molecule has 0 aromatic carbocycles. The predicted octanol–water partition coefficient (Wildman–Crippen LogP) is 4.76. The zero-order valence-corrected chi connectivity index (χ0v) is 13.5. The van der Waals surface area contributed by atoms with Crippen LogP contribution in [0.15, 0.2) is 11.6 Å². The van der Waals surface area contributed by atoms with Crippen molar-refractivity contribution in [1.29, 1.82) is 0 Å². The van der Waals surface area contributed by atoms with E-state index in [1.807, 2.05) is 0 Å². The Balaban J connectivity index is 1.59. The van der Waals surface area contributed by atoms with E-state index < -0.39 is 0 Å². The van der Waals surface area contributed by atoms with E-state index in [4.69, 9.17) is 0 Å². The molecule has 5 aliphatic rings. The minimum absolute atomic E-state index is 0.375. The second kappa shape index (κ2) is 3.84. The second-order valence-corrected chi connectivity index (χ2v) is 9.36. The smallest absolute Gasteiger partial charge is 0.155 e. The third-order valence-electron chi connectivity index (χ3n) is 8.53. The zero-order valence-electron chi connectivity index (χ0n) is 13.5. The molecule has 4 saturated carbocycles. The van der Waals surface area contributed by atoms with Gasteiger partial charge in [0.15, 0.2) is 5.78 Å². The second-order valence-electron chi connectivity index (χ2n) is 9.36. The van der Waals surface area contributed by atoms with Crippen LogP contribution in [0.25, 0.3) is 0 Å². The molecule has 0 heterocycles. The molecule has 1 nitrogen and oxygen atoms in total. The van der Waals surface area contributed by atoms with Gasteiger partial charge in [-0.05, 0) is 85.0 Å². The normalized spacial score (nSPS) is 57.7. The van der Waals surface area contributed by atoms with Crippen LogP contribution in [-0.4, -0.2) is 5.78 Å². The summed E-state index contributed by atoms with van der Waals surface area (Å²) in [5.41, 5.74) is 2.63. The lowest BCUT2D eigenvalue weighted by Crippen LogP contribution is -2.50. The van der Waals surface area contributed by atoms with E-state index in [0.717, 1.165) is 42.4 Å². The van der Waals surface area contributed by atoms with Gasteiger partial charge in [0, 0.05) is 6.42 Å². The van der Waals surface area contributed by atoms with E-state index >= 15 is 0 Å². The maximum atomic E-state index is 11.9. The molecule has 0 unspecified atom stereocenters. The standard InChI is InChI=1S/C20H28O/c1-19-7-3-4-15(19)18-14-11-13(14)17-10-12(21)5-9-20(17,2)16(18)6-8-19/h10,13-16,18H,3-9,11H2,1-2H3/t13-,14+,15+,16+,18+,19+,20-/m1/s1. The number of carbonyl (C=O) groups excluding carboxylic acids is 1. The van der Waals surface area contributed by atoms with Gasteiger partial charge in [0.2, 0.25) is 0 Å². The minimum atomic E-state index is 0.375. The van der Waals surface area contributed by atoms with Gasteiger partial charge in [0.1, 0.15) is 0 Å². The summed E-state index contributed by atoms with van der Waals surface area (Å²) >= 11 is 0. The average Bonchev–Trinajstić information content (AvgIpc) is 3.14. The van der Waals surface area contributed by atoms with Crippen molar-refractivity contribution >= 4 is 5.78 Å². The van der Waals surface area contributed by atoms with Crippen molar-refractivity contribution < 1.29 is 4.79 Å². The van der Waals surface area contributed by atoms with Crippen LogP contribution in [0.3, 0.4) is 0 Å². The Labute approximate surface area is 128 Å². The molecule has 0 aliphatic heterocycles. The molecule has 4 fully saturated rings. The SMILES string of the molecule is C[C@@]12CCC[C@H]1[C@@H]1[C@H]3C[C@H]3C3=CC(=O)CC[C@]3(C)[C@H]1CC2. The highest BCUT2D eigenvalue weighted by molar-refractivity contribution is 5.92. The lowest BCUT2D eigenvalue weighted by atomic mass is 9.47. The molecule has 0 spiro atoms. The molecule has 21 heavy (non-hydrogen) atoms. The number of rotatable bonds is 0. The van der Waals surface area contributed by atoms with Gasteiger partial charge in [-0.1, -0.05) is 25.8 Å². The van der Waals surface area contributed by atoms with Gasteiger partial charge in [0.05, 0.1) is 0 Å². The van der Waals surface area contributed by atoms with Gasteiger partial charge in [-0.15, -0.1) is 0 Å². The maximum Gasteiger partial charge on any atom is 0.155 e. The topological polar surface area (TPSA) is 17.1 Å². The van der Waals surface area contributed by atoms with Crippen LogP contribution in [-0.2, 0) is 4.79 Å². The summed E-state index contributed by atoms with van der Waals surface area (Å²) in [6.07, 6.45) is 12.8. The van der Waals surface area contributed by atoms with Crippen molar-refractivity contribution in [2.45, 2.75) is 65.2 Å². The summed E-state index contributed by atoms with van der Waals surface area (Å²) < 4.78 is 0. The van der Waals surface area contributed by atoms with Gasteiger partial charge < -0.3 is 0 Å². The lowest BCUT2D eigenvalue weighted by molar-refractivity contribution is -0.117. The quantitative estimate of drug-likeness (QED) is 0.626. The van der Waals surface area contributed by atoms with E-state index in [1.54, 1.807) is 5.57 Å². The van der Waals surface area contributed by atoms with Crippen molar-refractivity contribution in [1.82, 2.24) is 0 Å². The van der Waals surface area contributed by atoms with Crippen molar-refractivity contribution in [3.8, 4) is 0 Å². The number of allylic oxidation sites excluding steroid dienone is 1. The first-order valence-corrected chi connectivity index (χ1v) is 9.28. The molecular formula is C20H28O. The molecule has 5 aliphatic carbocycles. The molecule has 7 atom stereocenters. The van der Waals surface area contributed by atoms with Crippen molar-refractivity contribution in [3.05, 3.63) is 11.6 Å². The van der Waals surface area contributed by atoms with Crippen molar-refractivity contribution in [2.75, 3.05) is 0 Å². The number of ketones is 1. The summed E-state index contributed by atoms with van der Waals surface area (Å²) in [5.74, 6) is 5.03. The van der Waals surface area contributed by atoms with Crippen LogP contribution in [0.4, 0.5) is 0 Å². The zero-order chi connectivity index (χ0) is 14.4. The van der Waals surface area contributed by atoms with E-state index in [-0.39, 0.29) is 0 Å². The molecule has 114 valence electrons. The molecule has 0 aromatic rings. The van der Waals surface area contributed by atoms with E-state index in [0.29, 0.717) is 16.6 Å². The Hall–Kier alpha value is -0.590. The molecule has 1 heteroatoms. The molecule has 0 radical (unpaired) electrons. The highest BCUT2D eigenvalue weighted by Crippen LogP contribution is 2.73. The summed E-state index contributed by atoms with van der Waals surface area (Å²) in [6, 6.07) is 0. The van der Waals surface area contributed by atoms with E-state index in [9.17, 15) is 4.79 Å². The van der Waals surface area contributed by atoms with Gasteiger partial charge >= 0.3 is 0 Å². The van der Waals surface area contributed by atoms with Crippen LogP contribution in [0.1, 0.15) is 65.2 Å². The molecule has 0 saturated heterocycles. The Kier molecular flexibility index (Phi) is 2.36. The fraction of sp³-hybridized carbons (Fsp3) is 0.850. The van der Waals surface area contributed by atoms with Crippen molar-refractivity contribution in [3.63, 3.8) is 0 Å². The summed E-state index contributed by atoms with van der Waals surface area (Å²) in [5, 5.41) is 0. The molecule has 0 aromatic heterocycles. The Bertz CT molecular complexity index is 546. The van der Waals surface area contributed by atoms with Crippen LogP contribution in [0.5, 0.6) is 0 Å². The summed E-state index contributed by atoms with van der Waals surface area (Å²) in [4.78, 5) is 11.9. The molecule has 0 amide bonds. The van der Waals surface area contributed by atoms with Crippen LogP contribution in [0, 0.1) is 40.4 Å². The minimum Gasteiger partial charge on any atom is -0.295 e. The highest BCUT2D eigenvalue weighted by atomic mass is 16.1. The third-order valence-corrected chi connectivity index (χ3v) is 8.53. The maximum absolute atomic E-state index is 11.9. The molecule has 5 rings (SSSR count). The monoisotopic (exact) mass is 284 g/mol.